The van der Waals surface area contributed by atoms with Crippen molar-refractivity contribution in [3.8, 4) is 11.4 Å². The first kappa shape index (κ1) is 20.2. The zero-order chi connectivity index (χ0) is 21.9. The summed E-state index contributed by atoms with van der Waals surface area (Å²) in [5, 5.41) is 5.74. The van der Waals surface area contributed by atoms with E-state index in [1.165, 1.54) is 0 Å². The van der Waals surface area contributed by atoms with Crippen molar-refractivity contribution in [1.29, 1.82) is 0 Å². The molecule has 0 spiro atoms. The first-order chi connectivity index (χ1) is 15.7. The number of para-hydroxylation sites is 1. The lowest BCUT2D eigenvalue weighted by Gasteiger charge is -2.07. The van der Waals surface area contributed by atoms with Crippen molar-refractivity contribution in [2.75, 3.05) is 5.32 Å². The van der Waals surface area contributed by atoms with E-state index in [-0.39, 0.29) is 5.91 Å². The van der Waals surface area contributed by atoms with Gasteiger partial charge in [0.25, 0.3) is 0 Å². The topological polar surface area (TPSA) is 70.7 Å². The Kier molecular flexibility index (Phi) is 5.57. The maximum atomic E-state index is 12.4. The lowest BCUT2D eigenvalue weighted by molar-refractivity contribution is -0.116. The number of amides is 1. The van der Waals surface area contributed by atoms with Crippen LogP contribution in [0.15, 0.2) is 79.1 Å². The third kappa shape index (κ3) is 4.20. The maximum absolute atomic E-state index is 12.4. The van der Waals surface area contributed by atoms with Gasteiger partial charge in [0.2, 0.25) is 5.91 Å². The molecule has 5 rings (SSSR count). The number of aromatic amines is 1. The molecule has 0 saturated heterocycles. The van der Waals surface area contributed by atoms with E-state index in [1.807, 2.05) is 48.5 Å². The summed E-state index contributed by atoms with van der Waals surface area (Å²) >= 11 is 6.30. The van der Waals surface area contributed by atoms with E-state index in [0.29, 0.717) is 23.6 Å². The van der Waals surface area contributed by atoms with Crippen molar-refractivity contribution >= 4 is 45.0 Å². The monoisotopic (exact) mass is 440 g/mol. The minimum Gasteiger partial charge on any atom is -0.353 e. The van der Waals surface area contributed by atoms with Crippen LogP contribution in [-0.2, 0) is 11.2 Å². The molecule has 0 fully saturated rings. The number of hydrogen-bond donors (Lipinski definition) is 2. The Morgan fingerprint density at radius 1 is 1.03 bits per heavy atom. The Balaban J connectivity index is 1.43. The minimum absolute atomic E-state index is 0.0266. The van der Waals surface area contributed by atoms with E-state index >= 15 is 0 Å². The van der Waals surface area contributed by atoms with E-state index < -0.39 is 0 Å². The van der Waals surface area contributed by atoms with Crippen molar-refractivity contribution in [3.63, 3.8) is 0 Å². The number of halogens is 1. The summed E-state index contributed by atoms with van der Waals surface area (Å²) in [6.45, 7) is 0. The third-order valence-electron chi connectivity index (χ3n) is 5.50. The number of pyridine rings is 2. The highest BCUT2D eigenvalue weighted by molar-refractivity contribution is 6.31. The molecule has 2 N–H and O–H groups in total. The van der Waals surface area contributed by atoms with Gasteiger partial charge in [0.15, 0.2) is 0 Å². The Labute approximate surface area is 190 Å². The average Bonchev–Trinajstić information content (AvgIpc) is 3.17. The average molecular weight is 441 g/mol. The van der Waals surface area contributed by atoms with Crippen LogP contribution in [0.1, 0.15) is 18.4 Å². The predicted octanol–water partition coefficient (Wildman–Crippen LogP) is 6.39. The minimum atomic E-state index is -0.0266. The molecule has 5 nitrogen and oxygen atoms in total. The predicted molar refractivity (Wildman–Crippen MR) is 130 cm³/mol. The van der Waals surface area contributed by atoms with E-state index in [1.54, 1.807) is 18.5 Å². The van der Waals surface area contributed by atoms with Crippen LogP contribution in [0.25, 0.3) is 33.2 Å². The molecule has 5 aromatic rings. The summed E-state index contributed by atoms with van der Waals surface area (Å²) < 4.78 is 0. The molecular formula is C26H21ClN4O. The largest absolute Gasteiger partial charge is 0.353 e. The highest BCUT2D eigenvalue weighted by atomic mass is 35.5. The summed E-state index contributed by atoms with van der Waals surface area (Å²) in [6, 6.07) is 21.7. The molecule has 0 aliphatic rings. The smallest absolute Gasteiger partial charge is 0.224 e. The number of aromatic nitrogens is 3. The summed E-state index contributed by atoms with van der Waals surface area (Å²) in [4.78, 5) is 24.8. The van der Waals surface area contributed by atoms with Gasteiger partial charge < -0.3 is 10.3 Å². The van der Waals surface area contributed by atoms with Crippen LogP contribution in [0.2, 0.25) is 5.02 Å². The fourth-order valence-corrected chi connectivity index (χ4v) is 4.16. The quantitative estimate of drug-likeness (QED) is 0.321. The van der Waals surface area contributed by atoms with Gasteiger partial charge in [-0.15, -0.1) is 0 Å². The molecule has 0 saturated carbocycles. The van der Waals surface area contributed by atoms with E-state index in [4.69, 9.17) is 16.6 Å². The molecule has 0 aliphatic heterocycles. The molecule has 0 unspecified atom stereocenters. The Bertz CT molecular complexity index is 1410. The van der Waals surface area contributed by atoms with Gasteiger partial charge in [0.1, 0.15) is 0 Å². The van der Waals surface area contributed by atoms with Crippen LogP contribution in [0, 0.1) is 0 Å². The molecule has 1 amide bonds. The lowest BCUT2D eigenvalue weighted by Crippen LogP contribution is -2.11. The number of benzene rings is 2. The molecule has 0 bridgehead atoms. The van der Waals surface area contributed by atoms with Gasteiger partial charge in [-0.25, -0.2) is 4.98 Å². The van der Waals surface area contributed by atoms with E-state index in [9.17, 15) is 4.79 Å². The first-order valence-electron chi connectivity index (χ1n) is 10.5. The third-order valence-corrected chi connectivity index (χ3v) is 5.73. The van der Waals surface area contributed by atoms with Gasteiger partial charge in [-0.1, -0.05) is 35.9 Å². The van der Waals surface area contributed by atoms with Crippen molar-refractivity contribution in [2.24, 2.45) is 0 Å². The highest BCUT2D eigenvalue weighted by Gasteiger charge is 2.16. The number of carbonyl (C=O) groups is 1. The number of hydrogen-bond acceptors (Lipinski definition) is 3. The number of H-pyrrole nitrogens is 1. The molecular weight excluding hydrogens is 420 g/mol. The first-order valence-corrected chi connectivity index (χ1v) is 10.9. The van der Waals surface area contributed by atoms with E-state index in [2.05, 4.69) is 27.4 Å². The van der Waals surface area contributed by atoms with Crippen molar-refractivity contribution in [3.05, 3.63) is 89.7 Å². The lowest BCUT2D eigenvalue weighted by atomic mass is 10.0. The van der Waals surface area contributed by atoms with Gasteiger partial charge in [0.05, 0.1) is 28.8 Å². The maximum Gasteiger partial charge on any atom is 0.224 e. The number of nitrogens with zero attached hydrogens (tertiary/aromatic N) is 2. The van der Waals surface area contributed by atoms with Crippen LogP contribution in [-0.4, -0.2) is 20.9 Å². The molecule has 32 heavy (non-hydrogen) atoms. The number of aryl methyl sites for hydroxylation is 1. The SMILES string of the molecule is O=C(CCCc1c(-c2ccc3ccccc3n2)[nH]c2ccc(Cl)cc12)Nc1cccnc1. The van der Waals surface area contributed by atoms with E-state index in [0.717, 1.165) is 45.2 Å². The fourth-order valence-electron chi connectivity index (χ4n) is 3.99. The second-order valence-electron chi connectivity index (χ2n) is 7.70. The normalized spacial score (nSPS) is 11.2. The van der Waals surface area contributed by atoms with Gasteiger partial charge in [-0.2, -0.15) is 0 Å². The molecule has 0 radical (unpaired) electrons. The zero-order valence-electron chi connectivity index (χ0n) is 17.3. The van der Waals surface area contributed by atoms with Crippen LogP contribution >= 0.6 is 11.6 Å². The second kappa shape index (κ2) is 8.81. The van der Waals surface area contributed by atoms with Crippen molar-refractivity contribution < 1.29 is 4.79 Å². The Morgan fingerprint density at radius 3 is 2.81 bits per heavy atom. The highest BCUT2D eigenvalue weighted by Crippen LogP contribution is 2.33. The molecule has 3 heterocycles. The Morgan fingerprint density at radius 2 is 1.94 bits per heavy atom. The van der Waals surface area contributed by atoms with Gasteiger partial charge in [-0.05, 0) is 60.9 Å². The number of fused-ring (bicyclic) bond motifs is 2. The van der Waals surface area contributed by atoms with Crippen LogP contribution in [0.3, 0.4) is 0 Å². The fraction of sp³-hybridized carbons (Fsp3) is 0.115. The summed E-state index contributed by atoms with van der Waals surface area (Å²) in [6.07, 6.45) is 5.16. The molecule has 0 aliphatic carbocycles. The molecule has 0 atom stereocenters. The molecule has 6 heteroatoms. The van der Waals surface area contributed by atoms with Crippen LogP contribution in [0.5, 0.6) is 0 Å². The van der Waals surface area contributed by atoms with Crippen LogP contribution < -0.4 is 5.32 Å². The standard InChI is InChI=1S/C26H21ClN4O/c27-18-11-13-23-21(15-18)20(7-3-9-25(32)29-19-6-4-14-28-16-19)26(31-23)24-12-10-17-5-1-2-8-22(17)30-24/h1-2,4-6,8,10-16,31H,3,7,9H2,(H,29,32). The van der Waals surface area contributed by atoms with Gasteiger partial charge >= 0.3 is 0 Å². The zero-order valence-corrected chi connectivity index (χ0v) is 18.1. The van der Waals surface area contributed by atoms with Crippen molar-refractivity contribution in [2.45, 2.75) is 19.3 Å². The number of carbonyl (C=O) groups excluding carboxylic acids is 1. The summed E-state index contributed by atoms with van der Waals surface area (Å²) in [5.74, 6) is -0.0266. The number of rotatable bonds is 6. The second-order valence-corrected chi connectivity index (χ2v) is 8.14. The molecule has 3 aromatic heterocycles. The van der Waals surface area contributed by atoms with Crippen molar-refractivity contribution in [1.82, 2.24) is 15.0 Å². The van der Waals surface area contributed by atoms with Gasteiger partial charge in [-0.3, -0.25) is 9.78 Å². The number of anilines is 1. The molecule has 158 valence electrons. The Hall–Kier alpha value is -3.70. The molecule has 2 aromatic carbocycles. The summed E-state index contributed by atoms with van der Waals surface area (Å²) in [5.41, 5.74) is 5.64. The number of nitrogens with one attached hydrogen (secondary N) is 2. The summed E-state index contributed by atoms with van der Waals surface area (Å²) in [7, 11) is 0. The van der Waals surface area contributed by atoms with Gasteiger partial charge in [0, 0.05) is 33.9 Å². The van der Waals surface area contributed by atoms with Crippen LogP contribution in [0.4, 0.5) is 5.69 Å².